The monoisotopic (exact) mass is 641 g/mol. The predicted octanol–water partition coefficient (Wildman–Crippen LogP) is -1.49. The molecule has 2 fully saturated rings. The molecule has 3 aromatic heterocycles. The fraction of sp³-hybridized carbons (Fsp3) is 0.545. The van der Waals surface area contributed by atoms with Crippen molar-refractivity contribution in [2.75, 3.05) is 24.7 Å². The number of aromatic amines is 1. The van der Waals surface area contributed by atoms with Gasteiger partial charge in [0.05, 0.1) is 12.9 Å². The summed E-state index contributed by atoms with van der Waals surface area (Å²) in [6.45, 7) is 1.38. The van der Waals surface area contributed by atoms with E-state index in [1.54, 1.807) is 0 Å². The number of carbonyl (C=O) groups excluding carboxylic acids is 2. The number of rotatable bonds is 10. The second-order valence-electron chi connectivity index (χ2n) is 9.77. The van der Waals surface area contributed by atoms with Gasteiger partial charge in [0.15, 0.2) is 11.2 Å². The van der Waals surface area contributed by atoms with Gasteiger partial charge in [-0.05, 0) is 0 Å². The molecular weight excluding hydrogens is 613 g/mol. The molecule has 2 saturated heterocycles. The Morgan fingerprint density at radius 1 is 1.02 bits per heavy atom. The maximum absolute atomic E-state index is 13.1. The number of phosphoric ester groups is 1. The summed E-state index contributed by atoms with van der Waals surface area (Å²) in [4.78, 5) is 75.9. The van der Waals surface area contributed by atoms with E-state index in [1.807, 2.05) is 0 Å². The van der Waals surface area contributed by atoms with Gasteiger partial charge in [-0.15, -0.1) is 0 Å². The topological polar surface area (TPSA) is 290 Å². The van der Waals surface area contributed by atoms with Crippen LogP contribution in [0.3, 0.4) is 0 Å². The quantitative estimate of drug-likeness (QED) is 0.145. The number of nitrogen functional groups attached to an aromatic ring is 2. The zero-order chi connectivity index (χ0) is 31.8. The van der Waals surface area contributed by atoms with Gasteiger partial charge in [-0.25, -0.2) is 19.3 Å². The highest BCUT2D eigenvalue weighted by Gasteiger charge is 2.45. The molecule has 5 rings (SSSR count). The van der Waals surface area contributed by atoms with Crippen molar-refractivity contribution in [3.05, 3.63) is 33.5 Å². The third-order valence-electron chi connectivity index (χ3n) is 6.62. The van der Waals surface area contributed by atoms with Crippen molar-refractivity contribution >= 4 is 42.8 Å². The summed E-state index contributed by atoms with van der Waals surface area (Å²) in [6.07, 6.45) is -3.96. The number of phosphoric acid groups is 1. The molecule has 2 aliphatic rings. The molecule has 3 aromatic rings. The van der Waals surface area contributed by atoms with Crippen LogP contribution in [-0.2, 0) is 42.1 Å². The van der Waals surface area contributed by atoms with Gasteiger partial charge in [0, 0.05) is 26.7 Å². The molecule has 0 aromatic carbocycles. The number of fused-ring (bicyclic) bond motifs is 1. The number of esters is 2. The number of hydrogen-bond donors (Lipinski definition) is 4. The summed E-state index contributed by atoms with van der Waals surface area (Å²) < 4.78 is 48.1. The highest BCUT2D eigenvalue weighted by atomic mass is 31.2. The summed E-state index contributed by atoms with van der Waals surface area (Å²) in [5.41, 5.74) is 9.79. The van der Waals surface area contributed by atoms with E-state index in [4.69, 9.17) is 39.5 Å². The zero-order valence-corrected chi connectivity index (χ0v) is 24.1. The van der Waals surface area contributed by atoms with E-state index < -0.39 is 74.5 Å². The van der Waals surface area contributed by atoms with Crippen LogP contribution < -0.4 is 22.7 Å². The highest BCUT2D eigenvalue weighted by molar-refractivity contribution is 7.47. The first kappa shape index (κ1) is 31.2. The van der Waals surface area contributed by atoms with Crippen molar-refractivity contribution in [1.29, 1.82) is 0 Å². The minimum atomic E-state index is -4.88. The van der Waals surface area contributed by atoms with Crippen LogP contribution in [0.5, 0.6) is 0 Å². The van der Waals surface area contributed by atoms with Crippen LogP contribution in [0, 0.1) is 0 Å². The summed E-state index contributed by atoms with van der Waals surface area (Å²) in [7, 11) is -4.88. The highest BCUT2D eigenvalue weighted by Crippen LogP contribution is 2.49. The Hall–Kier alpha value is -4.27. The van der Waals surface area contributed by atoms with Gasteiger partial charge in [0.25, 0.3) is 5.56 Å². The number of nitrogens with one attached hydrogen (secondary N) is 1. The molecule has 7 atom stereocenters. The number of H-pyrrole nitrogens is 1. The lowest BCUT2D eigenvalue weighted by atomic mass is 10.2. The lowest BCUT2D eigenvalue weighted by Crippen LogP contribution is -2.32. The van der Waals surface area contributed by atoms with Gasteiger partial charge < -0.3 is 35.3 Å². The number of anilines is 2. The van der Waals surface area contributed by atoms with Gasteiger partial charge in [-0.1, -0.05) is 0 Å². The fourth-order valence-electron chi connectivity index (χ4n) is 4.77. The maximum Gasteiger partial charge on any atom is 0.472 e. The molecule has 6 N–H and O–H groups in total. The number of carbonyl (C=O) groups is 2. The Balaban J connectivity index is 1.29. The maximum atomic E-state index is 13.1. The van der Waals surface area contributed by atoms with Gasteiger partial charge in [-0.3, -0.25) is 37.5 Å². The molecule has 0 aliphatic carbocycles. The molecule has 22 heteroatoms. The summed E-state index contributed by atoms with van der Waals surface area (Å²) in [5.74, 6) is -1.72. The average molecular weight is 641 g/mol. The SMILES string of the molecule is CC(=O)OC[C@H]1O[C@@H](n2cnc3c(=O)[nH]c(N)nc32)CC1OP(=O)(O)OC[C@H]1O[C@@H](n2cnc(N)nc2=O)C[C@H]1OC(C)=O. The number of hydrogen-bond acceptors (Lipinski definition) is 17. The minimum Gasteiger partial charge on any atom is -0.463 e. The van der Waals surface area contributed by atoms with Crippen molar-refractivity contribution in [3.63, 3.8) is 0 Å². The zero-order valence-electron chi connectivity index (χ0n) is 23.2. The van der Waals surface area contributed by atoms with Crippen molar-refractivity contribution < 1.29 is 47.0 Å². The van der Waals surface area contributed by atoms with E-state index in [2.05, 4.69) is 24.9 Å². The average Bonchev–Trinajstić information content (AvgIpc) is 3.63. The fourth-order valence-corrected chi connectivity index (χ4v) is 5.73. The number of ether oxygens (including phenoxy) is 4. The Labute approximate surface area is 246 Å². The van der Waals surface area contributed by atoms with Gasteiger partial charge in [0.1, 0.15) is 49.8 Å². The molecule has 2 unspecified atom stereocenters. The second kappa shape index (κ2) is 12.4. The Morgan fingerprint density at radius 2 is 1.68 bits per heavy atom. The molecule has 0 amide bonds. The first-order valence-corrected chi connectivity index (χ1v) is 14.5. The van der Waals surface area contributed by atoms with Crippen LogP contribution in [0.2, 0.25) is 0 Å². The third-order valence-corrected chi connectivity index (χ3v) is 7.63. The second-order valence-corrected chi connectivity index (χ2v) is 11.2. The first-order valence-electron chi connectivity index (χ1n) is 13.0. The molecule has 44 heavy (non-hydrogen) atoms. The van der Waals surface area contributed by atoms with E-state index in [0.717, 1.165) is 17.8 Å². The van der Waals surface area contributed by atoms with E-state index >= 15 is 0 Å². The molecule has 5 heterocycles. The Kier molecular flexibility index (Phi) is 8.77. The summed E-state index contributed by atoms with van der Waals surface area (Å²) >= 11 is 0. The smallest absolute Gasteiger partial charge is 0.463 e. The number of nitrogens with zero attached hydrogens (tertiary/aromatic N) is 6. The van der Waals surface area contributed by atoms with E-state index in [-0.39, 0.29) is 42.5 Å². The Morgan fingerprint density at radius 3 is 2.36 bits per heavy atom. The molecule has 0 saturated carbocycles. The van der Waals surface area contributed by atoms with Crippen LogP contribution in [0.25, 0.3) is 11.2 Å². The van der Waals surface area contributed by atoms with Crippen molar-refractivity contribution in [2.24, 2.45) is 0 Å². The normalized spacial score (nSPS) is 26.4. The standard InChI is InChI=1S/C22H28N9O12P/c1-9(32)38-5-13-12(4-15(41-13)30-7-25-17-18(30)27-21(24)28-19(17)34)43-44(36,37)39-6-14-11(40-10(2)33)3-16(42-14)31-8-26-20(23)29-22(31)35/h7-8,11-16H,3-6H2,1-2H3,(H,36,37)(H2,23,29,35)(H3,24,27,28,34)/t11-,12?,13-,14-,15-,16-/m1/s1. The van der Waals surface area contributed by atoms with E-state index in [0.29, 0.717) is 0 Å². The Bertz CT molecular complexity index is 1730. The van der Waals surface area contributed by atoms with Gasteiger partial charge in [-0.2, -0.15) is 9.97 Å². The molecule has 0 radical (unpaired) electrons. The summed E-state index contributed by atoms with van der Waals surface area (Å²) in [6, 6.07) is 0. The van der Waals surface area contributed by atoms with E-state index in [1.165, 1.54) is 17.8 Å². The summed E-state index contributed by atoms with van der Waals surface area (Å²) in [5, 5.41) is 0. The van der Waals surface area contributed by atoms with Crippen LogP contribution in [0.4, 0.5) is 11.9 Å². The minimum absolute atomic E-state index is 0.0233. The molecular formula is C22H28N9O12P. The van der Waals surface area contributed by atoms with Crippen molar-refractivity contribution in [2.45, 2.75) is 63.6 Å². The lowest BCUT2D eigenvalue weighted by molar-refractivity contribution is -0.150. The van der Waals surface area contributed by atoms with Crippen LogP contribution in [0.15, 0.2) is 22.2 Å². The molecule has 0 bridgehead atoms. The molecule has 21 nitrogen and oxygen atoms in total. The van der Waals surface area contributed by atoms with E-state index in [9.17, 15) is 28.6 Å². The molecule has 238 valence electrons. The first-order chi connectivity index (χ1) is 20.8. The van der Waals surface area contributed by atoms with Gasteiger partial charge >= 0.3 is 25.5 Å². The van der Waals surface area contributed by atoms with Crippen LogP contribution in [0.1, 0.15) is 39.1 Å². The number of aromatic nitrogens is 7. The largest absolute Gasteiger partial charge is 0.472 e. The van der Waals surface area contributed by atoms with Gasteiger partial charge in [0.2, 0.25) is 11.9 Å². The van der Waals surface area contributed by atoms with Crippen LogP contribution in [-0.4, -0.2) is 88.5 Å². The van der Waals surface area contributed by atoms with Crippen molar-refractivity contribution in [3.8, 4) is 0 Å². The van der Waals surface area contributed by atoms with Crippen LogP contribution >= 0.6 is 7.82 Å². The van der Waals surface area contributed by atoms with Crippen molar-refractivity contribution in [1.82, 2.24) is 34.1 Å². The lowest BCUT2D eigenvalue weighted by Gasteiger charge is -2.23. The number of imidazole rings is 1. The predicted molar refractivity (Wildman–Crippen MR) is 143 cm³/mol. The molecule has 0 spiro atoms. The third kappa shape index (κ3) is 6.93. The molecule has 2 aliphatic heterocycles. The number of nitrogens with two attached hydrogens (primary N) is 2.